The van der Waals surface area contributed by atoms with E-state index in [4.69, 9.17) is 9.15 Å². The van der Waals surface area contributed by atoms with Gasteiger partial charge in [-0.2, -0.15) is 0 Å². The van der Waals surface area contributed by atoms with Crippen LogP contribution in [0.4, 0.5) is 0 Å². The van der Waals surface area contributed by atoms with Crippen molar-refractivity contribution in [1.29, 1.82) is 0 Å². The van der Waals surface area contributed by atoms with Crippen molar-refractivity contribution in [3.63, 3.8) is 0 Å². The van der Waals surface area contributed by atoms with E-state index in [1.165, 1.54) is 12.8 Å². The maximum atomic E-state index is 12.0. The fourth-order valence-electron chi connectivity index (χ4n) is 3.86. The van der Waals surface area contributed by atoms with Gasteiger partial charge in [-0.25, -0.2) is 4.79 Å². The van der Waals surface area contributed by atoms with E-state index in [-0.39, 0.29) is 12.2 Å². The lowest BCUT2D eigenvalue weighted by Gasteiger charge is -2.19. The summed E-state index contributed by atoms with van der Waals surface area (Å²) in [6.45, 7) is 3.01. The lowest BCUT2D eigenvalue weighted by molar-refractivity contribution is 0.0758. The average molecular weight is 329 g/mol. The van der Waals surface area contributed by atoms with Gasteiger partial charge in [-0.15, -0.1) is 0 Å². The van der Waals surface area contributed by atoms with E-state index in [9.17, 15) is 9.90 Å². The summed E-state index contributed by atoms with van der Waals surface area (Å²) in [5.41, 5.74) is 2.31. The number of rotatable bonds is 5. The topological polar surface area (TPSA) is 62.9 Å². The minimum absolute atomic E-state index is 0.221. The fourth-order valence-corrected chi connectivity index (χ4v) is 3.86. The Morgan fingerprint density at radius 1 is 1.17 bits per heavy atom. The molecule has 5 nitrogen and oxygen atoms in total. The number of nitrogens with zero attached hydrogens (tertiary/aromatic N) is 1. The Bertz CT molecular complexity index is 792. The Kier molecular flexibility index (Phi) is 4.29. The van der Waals surface area contributed by atoms with Gasteiger partial charge in [0.2, 0.25) is 0 Å². The van der Waals surface area contributed by atoms with E-state index in [1.54, 1.807) is 6.07 Å². The van der Waals surface area contributed by atoms with Crippen LogP contribution in [-0.4, -0.2) is 42.4 Å². The van der Waals surface area contributed by atoms with Crippen molar-refractivity contribution in [3.8, 4) is 5.75 Å². The van der Waals surface area contributed by atoms with E-state index in [0.717, 1.165) is 48.9 Å². The first-order chi connectivity index (χ1) is 11.7. The minimum atomic E-state index is -0.508. The quantitative estimate of drug-likeness (QED) is 0.851. The summed E-state index contributed by atoms with van der Waals surface area (Å²) >= 11 is 0. The first-order valence-electron chi connectivity index (χ1n) is 8.82. The van der Waals surface area contributed by atoms with Gasteiger partial charge in [-0.1, -0.05) is 0 Å². The highest BCUT2D eigenvalue weighted by Gasteiger charge is 2.20. The third-order valence-electron chi connectivity index (χ3n) is 5.06. The summed E-state index contributed by atoms with van der Waals surface area (Å²) in [4.78, 5) is 14.3. The molecular formula is C19H23NO4. The summed E-state index contributed by atoms with van der Waals surface area (Å²) in [7, 11) is 0. The molecule has 1 aromatic carbocycles. The molecule has 1 aromatic heterocycles. The van der Waals surface area contributed by atoms with Crippen molar-refractivity contribution < 1.29 is 14.3 Å². The van der Waals surface area contributed by atoms with Gasteiger partial charge >= 0.3 is 5.63 Å². The van der Waals surface area contributed by atoms with Crippen LogP contribution in [0.3, 0.4) is 0 Å². The molecule has 128 valence electrons. The first-order valence-corrected chi connectivity index (χ1v) is 8.82. The van der Waals surface area contributed by atoms with Crippen LogP contribution in [0.1, 0.15) is 30.4 Å². The Labute approximate surface area is 140 Å². The molecule has 1 atom stereocenters. The van der Waals surface area contributed by atoms with Crippen LogP contribution in [-0.2, 0) is 12.8 Å². The molecule has 4 rings (SSSR count). The van der Waals surface area contributed by atoms with Crippen LogP contribution >= 0.6 is 0 Å². The number of hydrogen-bond acceptors (Lipinski definition) is 5. The molecule has 2 heterocycles. The molecule has 0 amide bonds. The van der Waals surface area contributed by atoms with Crippen LogP contribution in [0, 0.1) is 0 Å². The van der Waals surface area contributed by atoms with Crippen molar-refractivity contribution in [2.24, 2.45) is 0 Å². The second-order valence-electron chi connectivity index (χ2n) is 6.83. The Morgan fingerprint density at radius 2 is 1.96 bits per heavy atom. The predicted molar refractivity (Wildman–Crippen MR) is 91.7 cm³/mol. The lowest BCUT2D eigenvalue weighted by atomic mass is 10.1. The molecule has 0 spiro atoms. The largest absolute Gasteiger partial charge is 0.491 e. The van der Waals surface area contributed by atoms with E-state index in [0.29, 0.717) is 17.9 Å². The number of ether oxygens (including phenoxy) is 1. The normalized spacial score (nSPS) is 18.9. The highest BCUT2D eigenvalue weighted by molar-refractivity contribution is 5.83. The second kappa shape index (κ2) is 6.57. The van der Waals surface area contributed by atoms with Crippen LogP contribution in [0.5, 0.6) is 5.75 Å². The van der Waals surface area contributed by atoms with Gasteiger partial charge in [0.05, 0.1) is 0 Å². The van der Waals surface area contributed by atoms with Gasteiger partial charge in [0.25, 0.3) is 0 Å². The Morgan fingerprint density at radius 3 is 2.79 bits per heavy atom. The molecule has 0 saturated carbocycles. The van der Waals surface area contributed by atoms with Crippen LogP contribution < -0.4 is 10.4 Å². The monoisotopic (exact) mass is 329 g/mol. The molecular weight excluding hydrogens is 306 g/mol. The van der Waals surface area contributed by atoms with E-state index < -0.39 is 6.10 Å². The van der Waals surface area contributed by atoms with E-state index in [1.807, 2.05) is 12.1 Å². The van der Waals surface area contributed by atoms with Crippen LogP contribution in [0.25, 0.3) is 11.0 Å². The zero-order valence-corrected chi connectivity index (χ0v) is 13.8. The fraction of sp³-hybridized carbons (Fsp3) is 0.526. The zero-order chi connectivity index (χ0) is 16.5. The van der Waals surface area contributed by atoms with Gasteiger partial charge < -0.3 is 19.2 Å². The molecule has 0 bridgehead atoms. The summed E-state index contributed by atoms with van der Waals surface area (Å²) in [6, 6.07) is 5.62. The van der Waals surface area contributed by atoms with Crippen molar-refractivity contribution in [2.75, 3.05) is 26.2 Å². The maximum absolute atomic E-state index is 12.0. The van der Waals surface area contributed by atoms with Gasteiger partial charge in [-0.05, 0) is 62.9 Å². The molecule has 0 radical (unpaired) electrons. The van der Waals surface area contributed by atoms with Gasteiger partial charge in [0, 0.05) is 23.6 Å². The Balaban J connectivity index is 1.47. The summed E-state index contributed by atoms with van der Waals surface area (Å²) in [6.07, 6.45) is 4.68. The molecule has 1 aliphatic heterocycles. The SMILES string of the molecule is O=c1oc2cc(OCC(O)CN3CCCC3)ccc2c2c1CCC2. The van der Waals surface area contributed by atoms with Gasteiger partial charge in [0.1, 0.15) is 24.0 Å². The molecule has 2 aromatic rings. The smallest absolute Gasteiger partial charge is 0.339 e. The minimum Gasteiger partial charge on any atom is -0.491 e. The van der Waals surface area contributed by atoms with E-state index in [2.05, 4.69) is 4.90 Å². The van der Waals surface area contributed by atoms with Crippen molar-refractivity contribution in [3.05, 3.63) is 39.7 Å². The molecule has 1 saturated heterocycles. The molecule has 1 fully saturated rings. The first kappa shape index (κ1) is 15.7. The Hall–Kier alpha value is -1.85. The van der Waals surface area contributed by atoms with Crippen LogP contribution in [0.2, 0.25) is 0 Å². The van der Waals surface area contributed by atoms with Crippen molar-refractivity contribution in [1.82, 2.24) is 4.90 Å². The highest BCUT2D eigenvalue weighted by atomic mass is 16.5. The molecule has 24 heavy (non-hydrogen) atoms. The molecule has 5 heteroatoms. The third kappa shape index (κ3) is 3.06. The summed E-state index contributed by atoms with van der Waals surface area (Å²) in [5.74, 6) is 0.629. The zero-order valence-electron chi connectivity index (χ0n) is 13.8. The maximum Gasteiger partial charge on any atom is 0.339 e. The second-order valence-corrected chi connectivity index (χ2v) is 6.83. The summed E-state index contributed by atoms with van der Waals surface area (Å²) in [5, 5.41) is 11.1. The number of β-amino-alcohol motifs (C(OH)–C–C–N with tert-alkyl or cyclic N) is 1. The van der Waals surface area contributed by atoms with Crippen molar-refractivity contribution >= 4 is 11.0 Å². The molecule has 1 aliphatic carbocycles. The van der Waals surface area contributed by atoms with E-state index >= 15 is 0 Å². The predicted octanol–water partition coefficient (Wildman–Crippen LogP) is 2.12. The number of aryl methyl sites for hydroxylation is 1. The number of hydrogen-bond donors (Lipinski definition) is 1. The average Bonchev–Trinajstić information content (AvgIpc) is 3.24. The number of fused-ring (bicyclic) bond motifs is 3. The number of likely N-dealkylation sites (tertiary alicyclic amines) is 1. The molecule has 2 aliphatic rings. The number of aliphatic hydroxyl groups is 1. The van der Waals surface area contributed by atoms with Crippen molar-refractivity contribution in [2.45, 2.75) is 38.2 Å². The van der Waals surface area contributed by atoms with Gasteiger partial charge in [0.15, 0.2) is 0 Å². The van der Waals surface area contributed by atoms with Gasteiger partial charge in [-0.3, -0.25) is 0 Å². The lowest BCUT2D eigenvalue weighted by Crippen LogP contribution is -2.33. The molecule has 1 N–H and O–H groups in total. The standard InChI is InChI=1S/C19H23NO4/c21-13(11-20-8-1-2-9-20)12-23-14-6-7-16-15-4-3-5-17(15)19(22)24-18(16)10-14/h6-7,10,13,21H,1-5,8-9,11-12H2. The van der Waals surface area contributed by atoms with Crippen LogP contribution in [0.15, 0.2) is 27.4 Å². The third-order valence-corrected chi connectivity index (χ3v) is 5.06. The summed E-state index contributed by atoms with van der Waals surface area (Å²) < 4.78 is 11.2. The highest BCUT2D eigenvalue weighted by Crippen LogP contribution is 2.29. The molecule has 1 unspecified atom stereocenters. The number of aliphatic hydroxyl groups excluding tert-OH is 1. The number of benzene rings is 1.